The van der Waals surface area contributed by atoms with Gasteiger partial charge in [-0.2, -0.15) is 0 Å². The predicted octanol–water partition coefficient (Wildman–Crippen LogP) is 2.39. The summed E-state index contributed by atoms with van der Waals surface area (Å²) >= 11 is 5.75. The van der Waals surface area contributed by atoms with Crippen molar-refractivity contribution in [3.63, 3.8) is 0 Å². The summed E-state index contributed by atoms with van der Waals surface area (Å²) in [7, 11) is 0. The first-order valence-electron chi connectivity index (χ1n) is 5.37. The molecule has 0 aromatic heterocycles. The average molecular weight is 244 g/mol. The van der Waals surface area contributed by atoms with Gasteiger partial charge in [0.1, 0.15) is 5.82 Å². The lowest BCUT2D eigenvalue weighted by Gasteiger charge is -2.25. The van der Waals surface area contributed by atoms with Gasteiger partial charge in [0, 0.05) is 18.6 Å². The van der Waals surface area contributed by atoms with Crippen LogP contribution in [0.1, 0.15) is 12.0 Å². The summed E-state index contributed by atoms with van der Waals surface area (Å²) in [6.07, 6.45) is 1.75. The Balaban J connectivity index is 2.16. The van der Waals surface area contributed by atoms with Crippen molar-refractivity contribution in [1.82, 2.24) is 0 Å². The molecule has 2 rings (SSSR count). The SMILES string of the molecule is NCC1(Cc2ccc(F)c(Cl)c2)CCOC1. The van der Waals surface area contributed by atoms with Gasteiger partial charge in [0.2, 0.25) is 0 Å². The highest BCUT2D eigenvalue weighted by Crippen LogP contribution is 2.32. The standard InChI is InChI=1S/C12H15ClFNO/c13-10-5-9(1-2-11(10)14)6-12(7-15)3-4-16-8-12/h1-2,5H,3-4,6-8,15H2. The highest BCUT2D eigenvalue weighted by atomic mass is 35.5. The van der Waals surface area contributed by atoms with Crippen LogP contribution in [0, 0.1) is 11.2 Å². The third kappa shape index (κ3) is 2.37. The number of benzene rings is 1. The molecular formula is C12H15ClFNO. The Hall–Kier alpha value is -0.640. The molecule has 0 amide bonds. The van der Waals surface area contributed by atoms with Crippen LogP contribution in [0.5, 0.6) is 0 Å². The van der Waals surface area contributed by atoms with Gasteiger partial charge in [-0.3, -0.25) is 0 Å². The van der Waals surface area contributed by atoms with E-state index in [9.17, 15) is 4.39 Å². The third-order valence-corrected chi connectivity index (χ3v) is 3.47. The Morgan fingerprint density at radius 1 is 1.50 bits per heavy atom. The van der Waals surface area contributed by atoms with Gasteiger partial charge >= 0.3 is 0 Å². The summed E-state index contributed by atoms with van der Waals surface area (Å²) in [5.41, 5.74) is 6.81. The third-order valence-electron chi connectivity index (χ3n) is 3.18. The van der Waals surface area contributed by atoms with E-state index in [4.69, 9.17) is 22.1 Å². The molecule has 1 aliphatic heterocycles. The average Bonchev–Trinajstić information content (AvgIpc) is 2.73. The largest absolute Gasteiger partial charge is 0.381 e. The van der Waals surface area contributed by atoms with Gasteiger partial charge in [0.25, 0.3) is 0 Å². The van der Waals surface area contributed by atoms with Gasteiger partial charge in [-0.05, 0) is 30.5 Å². The van der Waals surface area contributed by atoms with Crippen LogP contribution in [0.2, 0.25) is 5.02 Å². The normalized spacial score (nSPS) is 24.9. The van der Waals surface area contributed by atoms with E-state index < -0.39 is 0 Å². The number of hydrogen-bond acceptors (Lipinski definition) is 2. The maximum Gasteiger partial charge on any atom is 0.141 e. The number of rotatable bonds is 3. The smallest absolute Gasteiger partial charge is 0.141 e. The number of ether oxygens (including phenoxy) is 1. The molecule has 1 atom stereocenters. The molecule has 1 saturated heterocycles. The van der Waals surface area contributed by atoms with E-state index in [2.05, 4.69) is 0 Å². The first-order chi connectivity index (χ1) is 7.65. The molecule has 1 aliphatic rings. The van der Waals surface area contributed by atoms with E-state index in [-0.39, 0.29) is 16.3 Å². The van der Waals surface area contributed by atoms with Crippen molar-refractivity contribution < 1.29 is 9.13 Å². The number of halogens is 2. The Kier molecular flexibility index (Phi) is 3.47. The lowest BCUT2D eigenvalue weighted by Crippen LogP contribution is -2.33. The topological polar surface area (TPSA) is 35.2 Å². The zero-order valence-corrected chi connectivity index (χ0v) is 9.77. The summed E-state index contributed by atoms with van der Waals surface area (Å²) in [6, 6.07) is 4.83. The summed E-state index contributed by atoms with van der Waals surface area (Å²) in [4.78, 5) is 0. The van der Waals surface area contributed by atoms with Crippen molar-refractivity contribution in [2.75, 3.05) is 19.8 Å². The van der Waals surface area contributed by atoms with Crippen molar-refractivity contribution >= 4 is 11.6 Å². The summed E-state index contributed by atoms with van der Waals surface area (Å²) in [5.74, 6) is -0.380. The van der Waals surface area contributed by atoms with E-state index >= 15 is 0 Å². The van der Waals surface area contributed by atoms with E-state index in [0.717, 1.165) is 25.0 Å². The second-order valence-corrected chi connectivity index (χ2v) is 4.84. The van der Waals surface area contributed by atoms with Crippen molar-refractivity contribution in [3.05, 3.63) is 34.6 Å². The fourth-order valence-electron chi connectivity index (χ4n) is 2.10. The molecular weight excluding hydrogens is 229 g/mol. The summed E-state index contributed by atoms with van der Waals surface area (Å²) in [6.45, 7) is 2.02. The second kappa shape index (κ2) is 4.70. The van der Waals surface area contributed by atoms with E-state index in [1.807, 2.05) is 0 Å². The highest BCUT2D eigenvalue weighted by molar-refractivity contribution is 6.30. The zero-order valence-electron chi connectivity index (χ0n) is 9.01. The van der Waals surface area contributed by atoms with Crippen LogP contribution in [0.25, 0.3) is 0 Å². The van der Waals surface area contributed by atoms with Crippen molar-refractivity contribution in [3.8, 4) is 0 Å². The monoisotopic (exact) mass is 243 g/mol. The molecule has 88 valence electrons. The molecule has 0 spiro atoms. The molecule has 2 N–H and O–H groups in total. The first kappa shape index (κ1) is 11.8. The van der Waals surface area contributed by atoms with Gasteiger partial charge in [-0.15, -0.1) is 0 Å². The van der Waals surface area contributed by atoms with Gasteiger partial charge in [-0.25, -0.2) is 4.39 Å². The lowest BCUT2D eigenvalue weighted by atomic mass is 9.81. The van der Waals surface area contributed by atoms with E-state index in [1.54, 1.807) is 12.1 Å². The fourth-order valence-corrected chi connectivity index (χ4v) is 2.31. The molecule has 2 nitrogen and oxygen atoms in total. The Morgan fingerprint density at radius 3 is 2.88 bits per heavy atom. The molecule has 0 aliphatic carbocycles. The first-order valence-corrected chi connectivity index (χ1v) is 5.75. The number of hydrogen-bond donors (Lipinski definition) is 1. The Morgan fingerprint density at radius 2 is 2.31 bits per heavy atom. The zero-order chi connectivity index (χ0) is 11.6. The van der Waals surface area contributed by atoms with E-state index in [1.165, 1.54) is 6.07 Å². The van der Waals surface area contributed by atoms with Crippen LogP contribution < -0.4 is 5.73 Å². The maximum absolute atomic E-state index is 13.0. The molecule has 1 heterocycles. The van der Waals surface area contributed by atoms with Crippen LogP contribution in [-0.4, -0.2) is 19.8 Å². The van der Waals surface area contributed by atoms with Gasteiger partial charge in [-0.1, -0.05) is 17.7 Å². The summed E-state index contributed by atoms with van der Waals surface area (Å²) in [5, 5.41) is 0.170. The van der Waals surface area contributed by atoms with Gasteiger partial charge in [0.15, 0.2) is 0 Å². The lowest BCUT2D eigenvalue weighted by molar-refractivity contribution is 0.154. The minimum atomic E-state index is -0.380. The van der Waals surface area contributed by atoms with Crippen molar-refractivity contribution in [2.24, 2.45) is 11.1 Å². The van der Waals surface area contributed by atoms with Crippen molar-refractivity contribution in [2.45, 2.75) is 12.8 Å². The number of nitrogens with two attached hydrogens (primary N) is 1. The highest BCUT2D eigenvalue weighted by Gasteiger charge is 2.33. The van der Waals surface area contributed by atoms with Crippen LogP contribution in [-0.2, 0) is 11.2 Å². The molecule has 1 fully saturated rings. The molecule has 1 aromatic rings. The molecule has 1 unspecified atom stereocenters. The summed E-state index contributed by atoms with van der Waals surface area (Å²) < 4.78 is 18.4. The molecule has 16 heavy (non-hydrogen) atoms. The van der Waals surface area contributed by atoms with Gasteiger partial charge in [0.05, 0.1) is 11.6 Å². The quantitative estimate of drug-likeness (QED) is 0.885. The molecule has 4 heteroatoms. The molecule has 0 radical (unpaired) electrons. The van der Waals surface area contributed by atoms with Crippen LogP contribution in [0.3, 0.4) is 0 Å². The molecule has 0 saturated carbocycles. The molecule has 0 bridgehead atoms. The van der Waals surface area contributed by atoms with Crippen LogP contribution in [0.15, 0.2) is 18.2 Å². The van der Waals surface area contributed by atoms with E-state index in [0.29, 0.717) is 13.2 Å². The minimum Gasteiger partial charge on any atom is -0.381 e. The minimum absolute atomic E-state index is 0.00115. The van der Waals surface area contributed by atoms with Crippen LogP contribution in [0.4, 0.5) is 4.39 Å². The van der Waals surface area contributed by atoms with Crippen LogP contribution >= 0.6 is 11.6 Å². The van der Waals surface area contributed by atoms with Crippen molar-refractivity contribution in [1.29, 1.82) is 0 Å². The Labute approximate surface area is 99.5 Å². The maximum atomic E-state index is 13.0. The predicted molar refractivity (Wildman–Crippen MR) is 62.0 cm³/mol. The fraction of sp³-hybridized carbons (Fsp3) is 0.500. The second-order valence-electron chi connectivity index (χ2n) is 4.43. The molecule has 1 aromatic carbocycles. The van der Waals surface area contributed by atoms with Gasteiger partial charge < -0.3 is 10.5 Å². The Bertz CT molecular complexity index is 377.